The number of nitrogens with zero attached hydrogens (tertiary/aromatic N) is 2. The van der Waals surface area contributed by atoms with Crippen molar-refractivity contribution in [3.05, 3.63) is 82.3 Å². The van der Waals surface area contributed by atoms with Crippen molar-refractivity contribution in [2.45, 2.75) is 6.42 Å². The van der Waals surface area contributed by atoms with Gasteiger partial charge in [0.2, 0.25) is 0 Å². The molecule has 0 fully saturated rings. The molecule has 0 spiro atoms. The van der Waals surface area contributed by atoms with E-state index < -0.39 is 28.4 Å². The normalized spacial score (nSPS) is 16.3. The predicted molar refractivity (Wildman–Crippen MR) is 132 cm³/mol. The summed E-state index contributed by atoms with van der Waals surface area (Å²) in [6.07, 6.45) is 5.07. The Labute approximate surface area is 200 Å². The minimum absolute atomic E-state index is 0.0288. The minimum Gasteiger partial charge on any atom is -0.320 e. The maximum atomic E-state index is 13.4. The first-order valence-corrected chi connectivity index (χ1v) is 12.0. The Bertz CT molecular complexity index is 1350. The summed E-state index contributed by atoms with van der Waals surface area (Å²) in [6.45, 7) is -0.590. The molecule has 168 valence electrons. The van der Waals surface area contributed by atoms with Crippen molar-refractivity contribution >= 4 is 67.6 Å². The van der Waals surface area contributed by atoms with Gasteiger partial charge >= 0.3 is 0 Å². The van der Waals surface area contributed by atoms with E-state index in [2.05, 4.69) is 15.8 Å². The molecule has 2 N–H and O–H groups in total. The monoisotopic (exact) mass is 500 g/mol. The van der Waals surface area contributed by atoms with E-state index in [0.29, 0.717) is 22.7 Å². The van der Waals surface area contributed by atoms with Crippen LogP contribution in [0, 0.1) is 0 Å². The zero-order chi connectivity index (χ0) is 23.6. The Morgan fingerprint density at radius 2 is 1.91 bits per heavy atom. The fraction of sp³-hybridized carbons (Fsp3) is 0.0909. The Balaban J connectivity index is 1.62. The average molecular weight is 501 g/mol. The van der Waals surface area contributed by atoms with E-state index in [-0.39, 0.29) is 21.2 Å². The topological polar surface area (TPSA) is 108 Å². The number of hydrogen-bond acceptors (Lipinski definition) is 6. The molecule has 0 unspecified atom stereocenters. The third-order valence-electron chi connectivity index (χ3n) is 4.87. The molecule has 1 aliphatic heterocycles. The fourth-order valence-corrected chi connectivity index (χ4v) is 5.44. The van der Waals surface area contributed by atoms with Gasteiger partial charge in [-0.05, 0) is 36.4 Å². The van der Waals surface area contributed by atoms with Crippen LogP contribution in [0.3, 0.4) is 0 Å². The number of carbonyl (C=O) groups is 2. The second kappa shape index (κ2) is 9.26. The van der Waals surface area contributed by atoms with E-state index in [1.165, 1.54) is 30.3 Å². The number of anilines is 2. The molecule has 8 nitrogen and oxygen atoms in total. The molecule has 0 atom stereocenters. The highest BCUT2D eigenvalue weighted by Crippen LogP contribution is 2.27. The lowest BCUT2D eigenvalue weighted by Gasteiger charge is -2.25. The summed E-state index contributed by atoms with van der Waals surface area (Å²) in [5.41, 5.74) is 3.65. The first-order chi connectivity index (χ1) is 15.8. The minimum atomic E-state index is -4.16. The highest BCUT2D eigenvalue weighted by atomic mass is 35.5. The fourth-order valence-electron chi connectivity index (χ4n) is 3.29. The van der Waals surface area contributed by atoms with E-state index in [1.807, 2.05) is 0 Å². The van der Waals surface area contributed by atoms with Gasteiger partial charge in [-0.1, -0.05) is 54.2 Å². The van der Waals surface area contributed by atoms with Crippen LogP contribution >= 0.6 is 23.8 Å². The summed E-state index contributed by atoms with van der Waals surface area (Å²) in [6, 6.07) is 12.9. The van der Waals surface area contributed by atoms with Crippen molar-refractivity contribution in [3.63, 3.8) is 0 Å². The van der Waals surface area contributed by atoms with Gasteiger partial charge in [0, 0.05) is 21.9 Å². The third kappa shape index (κ3) is 4.72. The molecular weight excluding hydrogens is 484 g/mol. The highest BCUT2D eigenvalue weighted by molar-refractivity contribution is 7.99. The first kappa shape index (κ1) is 22.8. The van der Waals surface area contributed by atoms with Gasteiger partial charge in [0.05, 0.1) is 11.4 Å². The highest BCUT2D eigenvalue weighted by Gasteiger charge is 2.32. The SMILES string of the molecule is O=C(CN(c1ccc(Cl)cc1)S(=O)(=O)C1=CC=CCC1=S)N/N=C1\C(=O)Nc2ccccc21. The number of allylic oxidation sites excluding steroid dienone is 4. The molecule has 0 aromatic heterocycles. The number of fused-ring (bicyclic) bond motifs is 1. The first-order valence-electron chi connectivity index (χ1n) is 9.73. The molecule has 11 heteroatoms. The molecule has 0 radical (unpaired) electrons. The summed E-state index contributed by atoms with van der Waals surface area (Å²) in [4.78, 5) is 25.1. The number of sulfonamides is 1. The largest absolute Gasteiger partial charge is 0.320 e. The maximum Gasteiger partial charge on any atom is 0.276 e. The van der Waals surface area contributed by atoms with Gasteiger partial charge in [-0.2, -0.15) is 5.10 Å². The van der Waals surface area contributed by atoms with Gasteiger partial charge in [-0.3, -0.25) is 13.9 Å². The second-order valence-electron chi connectivity index (χ2n) is 7.07. The molecule has 0 saturated carbocycles. The quantitative estimate of drug-likeness (QED) is 0.468. The van der Waals surface area contributed by atoms with Gasteiger partial charge in [0.15, 0.2) is 5.71 Å². The summed E-state index contributed by atoms with van der Waals surface area (Å²) >= 11 is 11.2. The van der Waals surface area contributed by atoms with Crippen LogP contribution in [0.15, 0.2) is 76.8 Å². The van der Waals surface area contributed by atoms with Crippen LogP contribution < -0.4 is 15.0 Å². The Hall–Kier alpha value is -3.34. The summed E-state index contributed by atoms with van der Waals surface area (Å²) in [5.74, 6) is -1.21. The molecule has 1 aliphatic carbocycles. The van der Waals surface area contributed by atoms with Gasteiger partial charge in [-0.25, -0.2) is 13.8 Å². The molecule has 2 aromatic carbocycles. The van der Waals surface area contributed by atoms with E-state index in [4.69, 9.17) is 23.8 Å². The van der Waals surface area contributed by atoms with Gasteiger partial charge in [-0.15, -0.1) is 0 Å². The van der Waals surface area contributed by atoms with Crippen LogP contribution in [-0.2, 0) is 19.6 Å². The Morgan fingerprint density at radius 1 is 1.18 bits per heavy atom. The predicted octanol–water partition coefficient (Wildman–Crippen LogP) is 3.16. The average Bonchev–Trinajstić information content (AvgIpc) is 3.11. The number of rotatable bonds is 6. The molecule has 33 heavy (non-hydrogen) atoms. The zero-order valence-corrected chi connectivity index (χ0v) is 19.4. The van der Waals surface area contributed by atoms with E-state index in [9.17, 15) is 18.0 Å². The number of carbonyl (C=O) groups excluding carboxylic acids is 2. The number of nitrogens with one attached hydrogen (secondary N) is 2. The number of para-hydroxylation sites is 1. The van der Waals surface area contributed by atoms with Crippen molar-refractivity contribution in [3.8, 4) is 0 Å². The maximum absolute atomic E-state index is 13.4. The van der Waals surface area contributed by atoms with Crippen molar-refractivity contribution in [2.24, 2.45) is 5.10 Å². The van der Waals surface area contributed by atoms with Crippen molar-refractivity contribution < 1.29 is 18.0 Å². The smallest absolute Gasteiger partial charge is 0.276 e. The van der Waals surface area contributed by atoms with E-state index in [0.717, 1.165) is 4.31 Å². The van der Waals surface area contributed by atoms with Crippen LogP contribution in [0.25, 0.3) is 0 Å². The van der Waals surface area contributed by atoms with Crippen LogP contribution in [0.5, 0.6) is 0 Å². The van der Waals surface area contributed by atoms with Crippen molar-refractivity contribution in [1.29, 1.82) is 0 Å². The Kier molecular flexibility index (Phi) is 6.41. The number of thiocarbonyl (C=S) groups is 1. The molecule has 2 aromatic rings. The molecule has 4 rings (SSSR count). The lowest BCUT2D eigenvalue weighted by molar-refractivity contribution is -0.119. The van der Waals surface area contributed by atoms with Crippen LogP contribution in [0.4, 0.5) is 11.4 Å². The van der Waals surface area contributed by atoms with Crippen LogP contribution in [-0.4, -0.2) is 37.4 Å². The van der Waals surface area contributed by atoms with Crippen LogP contribution in [0.1, 0.15) is 12.0 Å². The number of hydrogen-bond donors (Lipinski definition) is 2. The van der Waals surface area contributed by atoms with Crippen molar-refractivity contribution in [1.82, 2.24) is 5.43 Å². The number of hydrazone groups is 1. The number of halogens is 1. The standard InChI is InChI=1S/C22H17ClN4O4S2/c23-14-9-11-15(12-10-14)27(33(30,31)19-8-4-3-7-18(19)32)13-20(28)25-26-21-16-5-1-2-6-17(16)24-22(21)29/h1-6,8-12H,7,13H2,(H,25,28)(H,24,26,29). The summed E-state index contributed by atoms with van der Waals surface area (Å²) in [5, 5.41) is 6.98. The third-order valence-corrected chi connectivity index (χ3v) is 7.50. The summed E-state index contributed by atoms with van der Waals surface area (Å²) < 4.78 is 27.8. The lowest BCUT2D eigenvalue weighted by Crippen LogP contribution is -2.41. The van der Waals surface area contributed by atoms with E-state index >= 15 is 0 Å². The van der Waals surface area contributed by atoms with Crippen LogP contribution in [0.2, 0.25) is 5.02 Å². The number of benzene rings is 2. The molecule has 2 aliphatic rings. The van der Waals surface area contributed by atoms with Crippen molar-refractivity contribution in [2.75, 3.05) is 16.2 Å². The Morgan fingerprint density at radius 3 is 2.64 bits per heavy atom. The summed E-state index contributed by atoms with van der Waals surface area (Å²) in [7, 11) is -4.16. The second-order valence-corrected chi connectivity index (χ2v) is 9.83. The van der Waals surface area contributed by atoms with E-state index in [1.54, 1.807) is 36.4 Å². The zero-order valence-electron chi connectivity index (χ0n) is 17.0. The molecule has 2 amide bonds. The van der Waals surface area contributed by atoms with Gasteiger partial charge in [0.25, 0.3) is 21.8 Å². The van der Waals surface area contributed by atoms with Gasteiger partial charge < -0.3 is 5.32 Å². The number of amides is 2. The molecule has 1 heterocycles. The molecular formula is C22H17ClN4O4S2. The van der Waals surface area contributed by atoms with Gasteiger partial charge in [0.1, 0.15) is 11.4 Å². The molecule has 0 bridgehead atoms. The molecule has 0 saturated heterocycles. The lowest BCUT2D eigenvalue weighted by atomic mass is 10.1.